The predicted molar refractivity (Wildman–Crippen MR) is 116 cm³/mol. The van der Waals surface area contributed by atoms with Crippen molar-refractivity contribution in [2.45, 2.75) is 16.9 Å². The molecule has 1 aromatic carbocycles. The molecule has 0 aliphatic carbocycles. The molecular formula is C20H23IN4O3. The number of Topliss-reactive ketones (excluding diaryl/α,β-unsaturated/α-hetero) is 1. The van der Waals surface area contributed by atoms with Crippen molar-refractivity contribution >= 4 is 40.1 Å². The molecule has 0 saturated carbocycles. The SMILES string of the molecule is NC(=O)c1cc(C(=O)CCCN2CCN(c3ccccn3)CC2I)ccc1O. The first-order valence-corrected chi connectivity index (χ1v) is 10.4. The van der Waals surface area contributed by atoms with Gasteiger partial charge in [0.25, 0.3) is 5.91 Å². The van der Waals surface area contributed by atoms with Crippen LogP contribution in [0.2, 0.25) is 0 Å². The fourth-order valence-electron chi connectivity index (χ4n) is 3.27. The number of nitrogens with zero attached hydrogens (tertiary/aromatic N) is 3. The van der Waals surface area contributed by atoms with Crippen LogP contribution in [-0.2, 0) is 0 Å². The van der Waals surface area contributed by atoms with Crippen LogP contribution in [0, 0.1) is 0 Å². The van der Waals surface area contributed by atoms with E-state index in [0.717, 1.165) is 38.4 Å². The number of pyridine rings is 1. The number of anilines is 1. The second kappa shape index (κ2) is 9.33. The molecule has 1 saturated heterocycles. The van der Waals surface area contributed by atoms with Crippen LogP contribution in [0.3, 0.4) is 0 Å². The summed E-state index contributed by atoms with van der Waals surface area (Å²) in [5, 5.41) is 9.64. The molecule has 1 aromatic heterocycles. The summed E-state index contributed by atoms with van der Waals surface area (Å²) in [5.74, 6) is -0.00975. The highest BCUT2D eigenvalue weighted by molar-refractivity contribution is 14.1. The van der Waals surface area contributed by atoms with E-state index in [2.05, 4.69) is 37.4 Å². The lowest BCUT2D eigenvalue weighted by Gasteiger charge is -2.39. The van der Waals surface area contributed by atoms with E-state index in [-0.39, 0.29) is 17.1 Å². The number of alkyl halides is 1. The van der Waals surface area contributed by atoms with Gasteiger partial charge in [0.05, 0.1) is 9.61 Å². The van der Waals surface area contributed by atoms with E-state index < -0.39 is 5.91 Å². The number of rotatable bonds is 7. The van der Waals surface area contributed by atoms with E-state index in [9.17, 15) is 14.7 Å². The number of benzene rings is 1. The van der Waals surface area contributed by atoms with Gasteiger partial charge in [-0.15, -0.1) is 0 Å². The number of ketones is 1. The van der Waals surface area contributed by atoms with Crippen LogP contribution >= 0.6 is 22.6 Å². The standard InChI is InChI=1S/C20H23IN4O3/c21-18-13-25(19-5-1-2-8-23-19)11-10-24(18)9-3-4-16(26)14-6-7-17(27)15(12-14)20(22)28/h1-2,5-8,12,18,27H,3-4,9-11,13H2,(H2,22,28). The second-order valence-electron chi connectivity index (χ2n) is 6.73. The van der Waals surface area contributed by atoms with Crippen LogP contribution in [0.5, 0.6) is 5.75 Å². The number of primary amides is 1. The minimum absolute atomic E-state index is 0.0242. The first-order valence-electron chi connectivity index (χ1n) is 9.16. The maximum atomic E-state index is 12.4. The highest BCUT2D eigenvalue weighted by Crippen LogP contribution is 2.22. The number of carbonyl (C=O) groups is 2. The Morgan fingerprint density at radius 2 is 2.07 bits per heavy atom. The third-order valence-corrected chi connectivity index (χ3v) is 6.01. The van der Waals surface area contributed by atoms with Crippen LogP contribution in [0.15, 0.2) is 42.6 Å². The van der Waals surface area contributed by atoms with E-state index in [1.807, 2.05) is 24.4 Å². The van der Waals surface area contributed by atoms with Crippen LogP contribution < -0.4 is 10.6 Å². The number of phenols is 1. The largest absolute Gasteiger partial charge is 0.507 e. The van der Waals surface area contributed by atoms with Gasteiger partial charge < -0.3 is 15.7 Å². The fraction of sp³-hybridized carbons (Fsp3) is 0.350. The normalized spacial score (nSPS) is 17.5. The van der Waals surface area contributed by atoms with Crippen molar-refractivity contribution in [3.8, 4) is 5.75 Å². The molecule has 1 aliphatic rings. The first kappa shape index (κ1) is 20.5. The molecule has 2 heterocycles. The third kappa shape index (κ3) is 4.99. The van der Waals surface area contributed by atoms with E-state index >= 15 is 0 Å². The zero-order valence-corrected chi connectivity index (χ0v) is 17.6. The molecule has 1 aliphatic heterocycles. The average Bonchev–Trinajstić information content (AvgIpc) is 2.69. The van der Waals surface area contributed by atoms with Crippen molar-refractivity contribution in [2.75, 3.05) is 31.1 Å². The number of amides is 1. The van der Waals surface area contributed by atoms with Crippen molar-refractivity contribution in [3.05, 3.63) is 53.7 Å². The van der Waals surface area contributed by atoms with Crippen LogP contribution in [0.1, 0.15) is 33.6 Å². The Kier molecular flexibility index (Phi) is 6.84. The summed E-state index contributed by atoms with van der Waals surface area (Å²) in [6, 6.07) is 10.2. The van der Waals surface area contributed by atoms with Crippen molar-refractivity contribution < 1.29 is 14.7 Å². The molecule has 3 N–H and O–H groups in total. The molecular weight excluding hydrogens is 471 g/mol. The molecule has 1 atom stereocenters. The highest BCUT2D eigenvalue weighted by Gasteiger charge is 2.25. The summed E-state index contributed by atoms with van der Waals surface area (Å²) in [4.78, 5) is 32.8. The zero-order chi connectivity index (χ0) is 20.1. The summed E-state index contributed by atoms with van der Waals surface area (Å²) < 4.78 is 0.346. The molecule has 8 heteroatoms. The molecule has 2 aromatic rings. The molecule has 0 bridgehead atoms. The molecule has 1 amide bonds. The van der Waals surface area contributed by atoms with Gasteiger partial charge in [-0.3, -0.25) is 14.5 Å². The van der Waals surface area contributed by atoms with Gasteiger partial charge in [0, 0.05) is 37.8 Å². The van der Waals surface area contributed by atoms with Crippen molar-refractivity contribution in [1.29, 1.82) is 0 Å². The van der Waals surface area contributed by atoms with E-state index in [1.54, 1.807) is 0 Å². The van der Waals surface area contributed by atoms with Crippen molar-refractivity contribution in [2.24, 2.45) is 5.73 Å². The molecule has 3 rings (SSSR count). The van der Waals surface area contributed by atoms with Crippen molar-refractivity contribution in [1.82, 2.24) is 9.88 Å². The molecule has 0 spiro atoms. The Morgan fingerprint density at radius 3 is 2.75 bits per heavy atom. The monoisotopic (exact) mass is 494 g/mol. The van der Waals surface area contributed by atoms with E-state index in [1.165, 1.54) is 18.2 Å². The minimum Gasteiger partial charge on any atom is -0.507 e. The predicted octanol–water partition coefficient (Wildman–Crippen LogP) is 2.43. The third-order valence-electron chi connectivity index (χ3n) is 4.83. The summed E-state index contributed by atoms with van der Waals surface area (Å²) in [7, 11) is 0. The number of nitrogens with two attached hydrogens (primary N) is 1. The number of halogens is 1. The second-order valence-corrected chi connectivity index (χ2v) is 8.17. The van der Waals surface area contributed by atoms with Gasteiger partial charge in [0.2, 0.25) is 0 Å². The van der Waals surface area contributed by atoms with E-state index in [4.69, 9.17) is 5.73 Å². The number of carbonyl (C=O) groups excluding carboxylic acids is 2. The highest BCUT2D eigenvalue weighted by atomic mass is 127. The zero-order valence-electron chi connectivity index (χ0n) is 15.4. The maximum Gasteiger partial charge on any atom is 0.252 e. The van der Waals surface area contributed by atoms with Gasteiger partial charge in [-0.25, -0.2) is 4.98 Å². The fourth-order valence-corrected chi connectivity index (χ4v) is 4.31. The van der Waals surface area contributed by atoms with Crippen LogP contribution in [0.25, 0.3) is 0 Å². The van der Waals surface area contributed by atoms with Crippen LogP contribution in [0.4, 0.5) is 5.82 Å². The smallest absolute Gasteiger partial charge is 0.252 e. The Morgan fingerprint density at radius 1 is 1.25 bits per heavy atom. The van der Waals surface area contributed by atoms with Gasteiger partial charge >= 0.3 is 0 Å². The lowest BCUT2D eigenvalue weighted by atomic mass is 10.0. The van der Waals surface area contributed by atoms with Crippen LogP contribution in [-0.4, -0.2) is 56.9 Å². The average molecular weight is 494 g/mol. The van der Waals surface area contributed by atoms with Gasteiger partial charge in [0.15, 0.2) is 5.78 Å². The molecule has 28 heavy (non-hydrogen) atoms. The molecule has 7 nitrogen and oxygen atoms in total. The lowest BCUT2D eigenvalue weighted by Crippen LogP contribution is -2.51. The van der Waals surface area contributed by atoms with Gasteiger partial charge in [-0.2, -0.15) is 0 Å². The van der Waals surface area contributed by atoms with Gasteiger partial charge in [-0.05, 0) is 43.3 Å². The van der Waals surface area contributed by atoms with Crippen molar-refractivity contribution in [3.63, 3.8) is 0 Å². The molecule has 1 unspecified atom stereocenters. The number of hydrogen-bond donors (Lipinski definition) is 2. The number of aromatic nitrogens is 1. The number of piperazine rings is 1. The summed E-state index contributed by atoms with van der Waals surface area (Å²) in [6.07, 6.45) is 2.92. The summed E-state index contributed by atoms with van der Waals surface area (Å²) in [6.45, 7) is 3.55. The summed E-state index contributed by atoms with van der Waals surface area (Å²) in [5.41, 5.74) is 5.60. The number of aromatic hydroxyl groups is 1. The van der Waals surface area contributed by atoms with E-state index in [0.29, 0.717) is 16.0 Å². The molecule has 1 fully saturated rings. The quantitative estimate of drug-likeness (QED) is 0.266. The molecule has 148 valence electrons. The molecule has 0 radical (unpaired) electrons. The minimum atomic E-state index is -0.745. The Balaban J connectivity index is 1.49. The first-order chi connectivity index (χ1) is 13.5. The maximum absolute atomic E-state index is 12.4. The Hall–Kier alpha value is -2.20. The van der Waals surface area contributed by atoms with Gasteiger partial charge in [-0.1, -0.05) is 28.7 Å². The van der Waals surface area contributed by atoms with Gasteiger partial charge in [0.1, 0.15) is 11.6 Å². The lowest BCUT2D eigenvalue weighted by molar-refractivity contribution is 0.0973. The summed E-state index contributed by atoms with van der Waals surface area (Å²) >= 11 is 2.44. The Bertz CT molecular complexity index is 847. The topological polar surface area (TPSA) is 99.8 Å². The Labute approximate surface area is 177 Å². The number of hydrogen-bond acceptors (Lipinski definition) is 6.